The molecule has 0 radical (unpaired) electrons. The average molecular weight is 283 g/mol. The lowest BCUT2D eigenvalue weighted by atomic mass is 10.1. The zero-order valence-electron chi connectivity index (χ0n) is 12.4. The number of nitrogens with two attached hydrogens (primary N) is 1. The van der Waals surface area contributed by atoms with Gasteiger partial charge in [-0.3, -0.25) is 4.79 Å². The summed E-state index contributed by atoms with van der Waals surface area (Å²) in [5.41, 5.74) is 10.2. The molecule has 1 amide bonds. The number of aryl methyl sites for hydroxylation is 1. The fraction of sp³-hybridized carbons (Fsp3) is 0.235. The summed E-state index contributed by atoms with van der Waals surface area (Å²) in [5.74, 6) is -0.108. The van der Waals surface area contributed by atoms with Gasteiger partial charge in [0.15, 0.2) is 0 Å². The van der Waals surface area contributed by atoms with E-state index >= 15 is 0 Å². The molecule has 0 saturated heterocycles. The molecule has 0 atom stereocenters. The summed E-state index contributed by atoms with van der Waals surface area (Å²) in [6.07, 6.45) is 1.02. The van der Waals surface area contributed by atoms with Crippen molar-refractivity contribution in [3.63, 3.8) is 0 Å². The van der Waals surface area contributed by atoms with Crippen molar-refractivity contribution in [1.82, 2.24) is 5.32 Å². The summed E-state index contributed by atoms with van der Waals surface area (Å²) >= 11 is 0. The molecule has 4 nitrogen and oxygen atoms in total. The highest BCUT2D eigenvalue weighted by atomic mass is 16.1. The highest BCUT2D eigenvalue weighted by Crippen LogP contribution is 2.24. The molecule has 0 aromatic heterocycles. The predicted molar refractivity (Wildman–Crippen MR) is 88.0 cm³/mol. The van der Waals surface area contributed by atoms with Crippen molar-refractivity contribution < 1.29 is 4.79 Å². The summed E-state index contributed by atoms with van der Waals surface area (Å²) < 4.78 is 0. The molecule has 4 heteroatoms. The van der Waals surface area contributed by atoms with Gasteiger partial charge in [-0.15, -0.1) is 0 Å². The largest absolute Gasteiger partial charge is 0.397 e. The van der Waals surface area contributed by atoms with E-state index in [1.165, 1.54) is 5.56 Å². The van der Waals surface area contributed by atoms with Crippen LogP contribution in [0.3, 0.4) is 0 Å². The Hall–Kier alpha value is -2.49. The van der Waals surface area contributed by atoms with Gasteiger partial charge in [-0.2, -0.15) is 0 Å². The SMILES string of the molecule is CCNC(=O)c1ccc(Nc2ccc(CC)cc2)c(N)c1. The smallest absolute Gasteiger partial charge is 0.251 e. The number of anilines is 3. The normalized spacial score (nSPS) is 10.2. The second-order valence-electron chi connectivity index (χ2n) is 4.84. The van der Waals surface area contributed by atoms with Gasteiger partial charge in [-0.1, -0.05) is 19.1 Å². The van der Waals surface area contributed by atoms with Crippen molar-refractivity contribution in [3.8, 4) is 0 Å². The Morgan fingerprint density at radius 1 is 1.10 bits per heavy atom. The van der Waals surface area contributed by atoms with E-state index in [1.54, 1.807) is 12.1 Å². The minimum atomic E-state index is -0.108. The molecule has 0 spiro atoms. The van der Waals surface area contributed by atoms with Gasteiger partial charge in [-0.05, 0) is 49.2 Å². The Morgan fingerprint density at radius 2 is 1.81 bits per heavy atom. The first-order valence-corrected chi connectivity index (χ1v) is 7.17. The van der Waals surface area contributed by atoms with Crippen LogP contribution in [0.25, 0.3) is 0 Å². The van der Waals surface area contributed by atoms with Gasteiger partial charge in [0.1, 0.15) is 0 Å². The van der Waals surface area contributed by atoms with Gasteiger partial charge < -0.3 is 16.4 Å². The summed E-state index contributed by atoms with van der Waals surface area (Å²) in [4.78, 5) is 11.7. The van der Waals surface area contributed by atoms with Crippen LogP contribution in [0.4, 0.5) is 17.1 Å². The molecule has 2 aromatic rings. The summed E-state index contributed by atoms with van der Waals surface area (Å²) in [6.45, 7) is 4.61. The number of nitrogen functional groups attached to an aromatic ring is 1. The molecule has 0 aliphatic carbocycles. The molecule has 0 unspecified atom stereocenters. The number of rotatable bonds is 5. The Kier molecular flexibility index (Phi) is 4.82. The van der Waals surface area contributed by atoms with Gasteiger partial charge in [0.2, 0.25) is 0 Å². The highest BCUT2D eigenvalue weighted by Gasteiger charge is 2.07. The van der Waals surface area contributed by atoms with Crippen LogP contribution in [0.1, 0.15) is 29.8 Å². The number of carbonyl (C=O) groups excluding carboxylic acids is 1. The van der Waals surface area contributed by atoms with Crippen LogP contribution in [0.15, 0.2) is 42.5 Å². The molecule has 0 bridgehead atoms. The van der Waals surface area contributed by atoms with E-state index in [-0.39, 0.29) is 5.91 Å². The first kappa shape index (κ1) is 14.9. The molecule has 2 rings (SSSR count). The summed E-state index contributed by atoms with van der Waals surface area (Å²) in [7, 11) is 0. The Labute approximate surface area is 125 Å². The van der Waals surface area contributed by atoms with Gasteiger partial charge in [0, 0.05) is 17.8 Å². The van der Waals surface area contributed by atoms with Crippen molar-refractivity contribution in [3.05, 3.63) is 53.6 Å². The first-order valence-electron chi connectivity index (χ1n) is 7.17. The lowest BCUT2D eigenvalue weighted by molar-refractivity contribution is 0.0956. The van der Waals surface area contributed by atoms with Crippen LogP contribution < -0.4 is 16.4 Å². The monoisotopic (exact) mass is 283 g/mol. The van der Waals surface area contributed by atoms with Crippen LogP contribution in [0.5, 0.6) is 0 Å². The van der Waals surface area contributed by atoms with Crippen molar-refractivity contribution >= 4 is 23.0 Å². The molecule has 0 fully saturated rings. The van der Waals surface area contributed by atoms with E-state index in [1.807, 2.05) is 25.1 Å². The second kappa shape index (κ2) is 6.79. The van der Waals surface area contributed by atoms with Gasteiger partial charge in [0.25, 0.3) is 5.91 Å². The molecular weight excluding hydrogens is 262 g/mol. The maximum absolute atomic E-state index is 11.7. The van der Waals surface area contributed by atoms with Crippen LogP contribution in [0.2, 0.25) is 0 Å². The van der Waals surface area contributed by atoms with Gasteiger partial charge in [-0.25, -0.2) is 0 Å². The van der Waals surface area contributed by atoms with Crippen molar-refractivity contribution in [2.24, 2.45) is 0 Å². The van der Waals surface area contributed by atoms with E-state index in [4.69, 9.17) is 5.73 Å². The fourth-order valence-electron chi connectivity index (χ4n) is 2.06. The Balaban J connectivity index is 2.15. The number of nitrogens with one attached hydrogen (secondary N) is 2. The average Bonchev–Trinajstić information content (AvgIpc) is 2.50. The fourth-order valence-corrected chi connectivity index (χ4v) is 2.06. The highest BCUT2D eigenvalue weighted by molar-refractivity contribution is 5.96. The number of hydrogen-bond acceptors (Lipinski definition) is 3. The quantitative estimate of drug-likeness (QED) is 0.737. The first-order chi connectivity index (χ1) is 10.1. The number of benzene rings is 2. The zero-order chi connectivity index (χ0) is 15.2. The lowest BCUT2D eigenvalue weighted by Gasteiger charge is -2.11. The molecule has 0 aliphatic heterocycles. The van der Waals surface area contributed by atoms with Gasteiger partial charge in [0.05, 0.1) is 11.4 Å². The number of carbonyl (C=O) groups is 1. The summed E-state index contributed by atoms with van der Waals surface area (Å²) in [5, 5.41) is 6.02. The maximum atomic E-state index is 11.7. The molecule has 0 aliphatic rings. The number of amides is 1. The van der Waals surface area contributed by atoms with Crippen LogP contribution in [-0.2, 0) is 6.42 Å². The van der Waals surface area contributed by atoms with Crippen LogP contribution >= 0.6 is 0 Å². The van der Waals surface area contributed by atoms with E-state index in [0.717, 1.165) is 17.8 Å². The standard InChI is InChI=1S/C17H21N3O/c1-3-12-5-8-14(9-6-12)20-16-10-7-13(11-15(16)18)17(21)19-4-2/h5-11,20H,3-4,18H2,1-2H3,(H,19,21). The van der Waals surface area contributed by atoms with E-state index < -0.39 is 0 Å². The molecule has 0 saturated carbocycles. The third-order valence-electron chi connectivity index (χ3n) is 3.29. The van der Waals surface area contributed by atoms with Crippen molar-refractivity contribution in [2.75, 3.05) is 17.6 Å². The van der Waals surface area contributed by atoms with Gasteiger partial charge >= 0.3 is 0 Å². The molecule has 2 aromatic carbocycles. The van der Waals surface area contributed by atoms with Crippen molar-refractivity contribution in [1.29, 1.82) is 0 Å². The van der Waals surface area contributed by atoms with Crippen LogP contribution in [0, 0.1) is 0 Å². The summed E-state index contributed by atoms with van der Waals surface area (Å²) in [6, 6.07) is 13.5. The van der Waals surface area contributed by atoms with E-state index in [2.05, 4.69) is 29.7 Å². The number of hydrogen-bond donors (Lipinski definition) is 3. The second-order valence-corrected chi connectivity index (χ2v) is 4.84. The zero-order valence-corrected chi connectivity index (χ0v) is 12.4. The Bertz CT molecular complexity index is 620. The topological polar surface area (TPSA) is 67.2 Å². The van der Waals surface area contributed by atoms with Crippen LogP contribution in [-0.4, -0.2) is 12.5 Å². The molecule has 110 valence electrons. The Morgan fingerprint density at radius 3 is 2.38 bits per heavy atom. The molecule has 4 N–H and O–H groups in total. The predicted octanol–water partition coefficient (Wildman–Crippen LogP) is 3.32. The minimum absolute atomic E-state index is 0.108. The molecular formula is C17H21N3O. The molecule has 0 heterocycles. The third kappa shape index (κ3) is 3.75. The van der Waals surface area contributed by atoms with Crippen molar-refractivity contribution in [2.45, 2.75) is 20.3 Å². The minimum Gasteiger partial charge on any atom is -0.397 e. The van der Waals surface area contributed by atoms with E-state index in [9.17, 15) is 4.79 Å². The lowest BCUT2D eigenvalue weighted by Crippen LogP contribution is -2.22. The van der Waals surface area contributed by atoms with E-state index in [0.29, 0.717) is 17.8 Å². The maximum Gasteiger partial charge on any atom is 0.251 e. The molecule has 21 heavy (non-hydrogen) atoms. The third-order valence-corrected chi connectivity index (χ3v) is 3.29.